The molecule has 1 aromatic rings. The number of likely N-dealkylation sites (tertiary alicyclic amines) is 1. The highest BCUT2D eigenvalue weighted by Gasteiger charge is 2.26. The molecule has 9 nitrogen and oxygen atoms in total. The van der Waals surface area contributed by atoms with Crippen LogP contribution in [0.4, 0.5) is 11.5 Å². The number of nitrogen functional groups attached to an aromatic ring is 1. The number of amides is 1. The van der Waals surface area contributed by atoms with Gasteiger partial charge < -0.3 is 15.7 Å². The Morgan fingerprint density at radius 3 is 2.73 bits per heavy atom. The first-order chi connectivity index (χ1) is 12.4. The number of nitrogens with zero attached hydrogens (tertiary/aromatic N) is 3. The van der Waals surface area contributed by atoms with E-state index in [-0.39, 0.29) is 30.5 Å². The number of rotatable bonds is 7. The maximum Gasteiger partial charge on any atom is 0.330 e. The molecule has 146 valence electrons. The van der Waals surface area contributed by atoms with Crippen molar-refractivity contribution < 1.29 is 9.90 Å². The molecule has 0 aromatic carbocycles. The molecular formula is C17H29N5O4. The van der Waals surface area contributed by atoms with Gasteiger partial charge in [0.05, 0.1) is 12.6 Å². The zero-order chi connectivity index (χ0) is 19.3. The van der Waals surface area contributed by atoms with Crippen LogP contribution in [-0.2, 0) is 11.3 Å². The van der Waals surface area contributed by atoms with Gasteiger partial charge in [-0.3, -0.25) is 24.0 Å². The van der Waals surface area contributed by atoms with Crippen LogP contribution in [0.2, 0.25) is 0 Å². The molecule has 4 N–H and O–H groups in total. The summed E-state index contributed by atoms with van der Waals surface area (Å²) in [5, 5.41) is 9.76. The van der Waals surface area contributed by atoms with Gasteiger partial charge in [0.15, 0.2) is 5.69 Å². The summed E-state index contributed by atoms with van der Waals surface area (Å²) in [6.07, 6.45) is 2.73. The molecule has 0 aliphatic carbocycles. The van der Waals surface area contributed by atoms with Gasteiger partial charge in [-0.15, -0.1) is 0 Å². The fraction of sp³-hybridized carbons (Fsp3) is 0.706. The summed E-state index contributed by atoms with van der Waals surface area (Å²) in [5.41, 5.74) is 4.89. The predicted molar refractivity (Wildman–Crippen MR) is 100 cm³/mol. The van der Waals surface area contributed by atoms with Crippen molar-refractivity contribution in [1.29, 1.82) is 0 Å². The van der Waals surface area contributed by atoms with Gasteiger partial charge >= 0.3 is 5.69 Å². The normalized spacial score (nSPS) is 18.0. The maximum atomic E-state index is 12.8. The number of anilines is 2. The smallest absolute Gasteiger partial charge is 0.330 e. The summed E-state index contributed by atoms with van der Waals surface area (Å²) in [4.78, 5) is 42.6. The molecule has 0 spiro atoms. The summed E-state index contributed by atoms with van der Waals surface area (Å²) in [6.45, 7) is 5.64. The Balaban J connectivity index is 2.29. The number of carbonyl (C=O) groups excluding carboxylic acids is 1. The van der Waals surface area contributed by atoms with Crippen LogP contribution < -0.4 is 21.9 Å². The Bertz CT molecular complexity index is 742. The van der Waals surface area contributed by atoms with Crippen LogP contribution in [0.1, 0.15) is 39.5 Å². The average molecular weight is 367 g/mol. The number of piperidine rings is 1. The third-order valence-corrected chi connectivity index (χ3v) is 4.68. The highest BCUT2D eigenvalue weighted by atomic mass is 16.3. The highest BCUT2D eigenvalue weighted by Crippen LogP contribution is 2.18. The number of β-amino-alcohol motifs (C(OH)–C–C–N with tert-alkyl or cyclic N) is 1. The van der Waals surface area contributed by atoms with Crippen LogP contribution in [-0.4, -0.2) is 57.7 Å². The third kappa shape index (κ3) is 4.53. The minimum Gasteiger partial charge on any atom is -0.392 e. The molecule has 1 fully saturated rings. The van der Waals surface area contributed by atoms with E-state index in [0.29, 0.717) is 13.1 Å². The summed E-state index contributed by atoms with van der Waals surface area (Å²) >= 11 is 0. The number of aromatic amines is 1. The van der Waals surface area contributed by atoms with Crippen molar-refractivity contribution in [1.82, 2.24) is 14.5 Å². The van der Waals surface area contributed by atoms with Crippen LogP contribution >= 0.6 is 0 Å². The molecule has 2 heterocycles. The fourth-order valence-electron chi connectivity index (χ4n) is 3.29. The van der Waals surface area contributed by atoms with E-state index in [0.717, 1.165) is 32.2 Å². The molecule has 1 unspecified atom stereocenters. The average Bonchev–Trinajstić information content (AvgIpc) is 2.58. The summed E-state index contributed by atoms with van der Waals surface area (Å²) in [5.74, 6) is -0.263. The maximum absolute atomic E-state index is 12.8. The number of hydrogen-bond acceptors (Lipinski definition) is 6. The molecule has 1 atom stereocenters. The zero-order valence-corrected chi connectivity index (χ0v) is 15.5. The van der Waals surface area contributed by atoms with Crippen LogP contribution in [0, 0.1) is 0 Å². The second-order valence-corrected chi connectivity index (χ2v) is 6.67. The number of aromatic nitrogens is 2. The Morgan fingerprint density at radius 1 is 1.38 bits per heavy atom. The molecule has 0 radical (unpaired) electrons. The Kier molecular flexibility index (Phi) is 6.98. The first-order valence-corrected chi connectivity index (χ1v) is 9.22. The van der Waals surface area contributed by atoms with Gasteiger partial charge in [-0.2, -0.15) is 0 Å². The van der Waals surface area contributed by atoms with Crippen molar-refractivity contribution in [2.24, 2.45) is 0 Å². The molecular weight excluding hydrogens is 338 g/mol. The van der Waals surface area contributed by atoms with Gasteiger partial charge in [-0.25, -0.2) is 4.79 Å². The van der Waals surface area contributed by atoms with Crippen molar-refractivity contribution in [3.63, 3.8) is 0 Å². The lowest BCUT2D eigenvalue weighted by molar-refractivity contribution is -0.120. The largest absolute Gasteiger partial charge is 0.392 e. The van der Waals surface area contributed by atoms with Gasteiger partial charge in [-0.05, 0) is 32.7 Å². The molecule has 9 heteroatoms. The number of hydrogen-bond donors (Lipinski definition) is 3. The van der Waals surface area contributed by atoms with Gasteiger partial charge in [0.1, 0.15) is 5.82 Å². The van der Waals surface area contributed by atoms with Crippen LogP contribution in [0.25, 0.3) is 0 Å². The third-order valence-electron chi connectivity index (χ3n) is 4.68. The van der Waals surface area contributed by atoms with Crippen molar-refractivity contribution in [2.75, 3.05) is 36.8 Å². The van der Waals surface area contributed by atoms with E-state index in [9.17, 15) is 19.5 Å². The van der Waals surface area contributed by atoms with E-state index in [1.54, 1.807) is 6.92 Å². The quantitative estimate of drug-likeness (QED) is 0.609. The van der Waals surface area contributed by atoms with Gasteiger partial charge in [0.2, 0.25) is 5.91 Å². The van der Waals surface area contributed by atoms with E-state index in [4.69, 9.17) is 5.73 Å². The molecule has 1 aromatic heterocycles. The van der Waals surface area contributed by atoms with Crippen molar-refractivity contribution in [3.05, 3.63) is 20.8 Å². The minimum absolute atomic E-state index is 0.0149. The Morgan fingerprint density at radius 2 is 2.12 bits per heavy atom. The van der Waals surface area contributed by atoms with E-state index in [1.165, 1.54) is 9.47 Å². The van der Waals surface area contributed by atoms with E-state index < -0.39 is 17.4 Å². The van der Waals surface area contributed by atoms with Crippen LogP contribution in [0.3, 0.4) is 0 Å². The molecule has 2 rings (SSSR count). The first kappa shape index (κ1) is 20.2. The van der Waals surface area contributed by atoms with Gasteiger partial charge in [-0.1, -0.05) is 13.3 Å². The molecule has 1 saturated heterocycles. The molecule has 0 saturated carbocycles. The van der Waals surface area contributed by atoms with E-state index >= 15 is 0 Å². The second kappa shape index (κ2) is 9.00. The summed E-state index contributed by atoms with van der Waals surface area (Å²) in [6, 6.07) is 0. The SMILES string of the molecule is CCCCn1c(N)c(N(CC)C(=O)CN2CCCC(O)C2)c(=O)[nH]c1=O. The molecule has 0 bridgehead atoms. The Hall–Kier alpha value is -2.13. The number of aliphatic hydroxyl groups is 1. The number of H-pyrrole nitrogens is 1. The highest BCUT2D eigenvalue weighted by molar-refractivity contribution is 5.96. The van der Waals surface area contributed by atoms with Gasteiger partial charge in [0.25, 0.3) is 5.56 Å². The lowest BCUT2D eigenvalue weighted by atomic mass is 10.1. The minimum atomic E-state index is -0.658. The molecule has 26 heavy (non-hydrogen) atoms. The van der Waals surface area contributed by atoms with Crippen molar-refractivity contribution in [3.8, 4) is 0 Å². The summed E-state index contributed by atoms with van der Waals surface area (Å²) in [7, 11) is 0. The predicted octanol–water partition coefficient (Wildman–Crippen LogP) is -0.271. The number of likely N-dealkylation sites (N-methyl/N-ethyl adjacent to an activating group) is 1. The topological polar surface area (TPSA) is 125 Å². The zero-order valence-electron chi connectivity index (χ0n) is 15.5. The molecule has 1 amide bonds. The number of nitrogens with one attached hydrogen (secondary N) is 1. The number of nitrogens with two attached hydrogens (primary N) is 1. The lowest BCUT2D eigenvalue weighted by Crippen LogP contribution is -2.48. The number of unbranched alkanes of at least 4 members (excludes halogenated alkanes) is 1. The van der Waals surface area contributed by atoms with Crippen LogP contribution in [0.15, 0.2) is 9.59 Å². The number of aliphatic hydroxyl groups excluding tert-OH is 1. The fourth-order valence-corrected chi connectivity index (χ4v) is 3.29. The Labute approximate surface area is 152 Å². The van der Waals surface area contributed by atoms with E-state index in [2.05, 4.69) is 4.98 Å². The molecule has 1 aliphatic heterocycles. The van der Waals surface area contributed by atoms with Crippen LogP contribution in [0.5, 0.6) is 0 Å². The summed E-state index contributed by atoms with van der Waals surface area (Å²) < 4.78 is 1.31. The molecule has 1 aliphatic rings. The van der Waals surface area contributed by atoms with E-state index in [1.807, 2.05) is 11.8 Å². The monoisotopic (exact) mass is 367 g/mol. The standard InChI is InChI=1S/C17H29N5O4/c1-3-5-9-22-15(18)14(16(25)19-17(22)26)21(4-2)13(24)11-20-8-6-7-12(23)10-20/h12,23H,3-11,18H2,1-2H3,(H,19,25,26). The second-order valence-electron chi connectivity index (χ2n) is 6.67. The van der Waals surface area contributed by atoms with Gasteiger partial charge in [0, 0.05) is 19.6 Å². The van der Waals surface area contributed by atoms with Crippen molar-refractivity contribution in [2.45, 2.75) is 52.2 Å². The first-order valence-electron chi connectivity index (χ1n) is 9.22. The van der Waals surface area contributed by atoms with Crippen molar-refractivity contribution >= 4 is 17.4 Å². The lowest BCUT2D eigenvalue weighted by Gasteiger charge is -2.31. The number of carbonyl (C=O) groups is 1.